The summed E-state index contributed by atoms with van der Waals surface area (Å²) in [6, 6.07) is 20.6. The number of carbonyl (C=O) groups is 5. The lowest BCUT2D eigenvalue weighted by Gasteiger charge is -2.12. The normalized spacial score (nSPS) is 11.2. The second-order valence-electron chi connectivity index (χ2n) is 7.99. The number of hydrogen-bond acceptors (Lipinski definition) is 7. The standard InChI is InChI=1S/C28H24ClNO7/c1-18(27(34)20-7-11-22(29)12-8-20)37-26(33)16-15-25(32)30-23-13-9-21(10-14-23)28(35)36-17-24(31)19-5-3-2-4-6-19/h2-14,18H,15-17H2,1H3,(H,30,32). The van der Waals surface area contributed by atoms with E-state index in [-0.39, 0.29) is 36.6 Å². The van der Waals surface area contributed by atoms with Gasteiger partial charge in [0.1, 0.15) is 0 Å². The summed E-state index contributed by atoms with van der Waals surface area (Å²) in [4.78, 5) is 60.8. The van der Waals surface area contributed by atoms with Gasteiger partial charge in [-0.25, -0.2) is 4.79 Å². The van der Waals surface area contributed by atoms with Crippen LogP contribution >= 0.6 is 11.6 Å². The first kappa shape index (κ1) is 27.3. The number of Topliss-reactive ketones (excluding diaryl/α,β-unsaturated/α-hetero) is 2. The molecule has 1 N–H and O–H groups in total. The number of halogens is 1. The van der Waals surface area contributed by atoms with E-state index in [9.17, 15) is 24.0 Å². The molecule has 3 aromatic rings. The van der Waals surface area contributed by atoms with Crippen molar-refractivity contribution >= 4 is 46.7 Å². The van der Waals surface area contributed by atoms with Gasteiger partial charge in [0.05, 0.1) is 12.0 Å². The van der Waals surface area contributed by atoms with Crippen LogP contribution in [0.15, 0.2) is 78.9 Å². The van der Waals surface area contributed by atoms with Gasteiger partial charge in [0.15, 0.2) is 18.5 Å². The lowest BCUT2D eigenvalue weighted by Crippen LogP contribution is -2.25. The molecule has 0 aliphatic rings. The van der Waals surface area contributed by atoms with Crippen LogP contribution in [0.2, 0.25) is 5.02 Å². The van der Waals surface area contributed by atoms with Crippen LogP contribution in [0.5, 0.6) is 0 Å². The number of ketones is 2. The van der Waals surface area contributed by atoms with E-state index in [0.717, 1.165) is 0 Å². The van der Waals surface area contributed by atoms with Gasteiger partial charge in [-0.1, -0.05) is 41.9 Å². The monoisotopic (exact) mass is 521 g/mol. The van der Waals surface area contributed by atoms with Crippen LogP contribution in [0.25, 0.3) is 0 Å². The number of rotatable bonds is 11. The van der Waals surface area contributed by atoms with Crippen molar-refractivity contribution in [3.63, 3.8) is 0 Å². The maximum absolute atomic E-state index is 12.3. The Morgan fingerprint density at radius 3 is 2.05 bits per heavy atom. The minimum absolute atomic E-state index is 0.161. The van der Waals surface area contributed by atoms with E-state index in [4.69, 9.17) is 21.1 Å². The highest BCUT2D eigenvalue weighted by atomic mass is 35.5. The highest BCUT2D eigenvalue weighted by Crippen LogP contribution is 2.14. The van der Waals surface area contributed by atoms with Gasteiger partial charge >= 0.3 is 11.9 Å². The molecular formula is C28H24ClNO7. The molecule has 0 radical (unpaired) electrons. The Morgan fingerprint density at radius 1 is 0.784 bits per heavy atom. The summed E-state index contributed by atoms with van der Waals surface area (Å²) in [5.74, 6) is -2.50. The molecule has 0 saturated heterocycles. The van der Waals surface area contributed by atoms with Crippen molar-refractivity contribution in [3.05, 3.63) is 101 Å². The van der Waals surface area contributed by atoms with E-state index in [1.54, 1.807) is 42.5 Å². The van der Waals surface area contributed by atoms with Crippen LogP contribution in [0.3, 0.4) is 0 Å². The van der Waals surface area contributed by atoms with E-state index in [0.29, 0.717) is 21.8 Å². The molecule has 3 rings (SSSR count). The third-order valence-electron chi connectivity index (χ3n) is 5.20. The Bertz CT molecular complexity index is 1270. The Morgan fingerprint density at radius 2 is 1.41 bits per heavy atom. The van der Waals surface area contributed by atoms with Gasteiger partial charge in [-0.2, -0.15) is 0 Å². The Balaban J connectivity index is 1.40. The average molecular weight is 522 g/mol. The van der Waals surface area contributed by atoms with Gasteiger partial charge in [-0.3, -0.25) is 19.2 Å². The molecule has 0 aliphatic carbocycles. The second kappa shape index (κ2) is 13.1. The van der Waals surface area contributed by atoms with Crippen molar-refractivity contribution in [1.29, 1.82) is 0 Å². The first-order chi connectivity index (χ1) is 17.7. The summed E-state index contributed by atoms with van der Waals surface area (Å²) in [6.07, 6.45) is -1.39. The molecule has 0 spiro atoms. The fourth-order valence-electron chi connectivity index (χ4n) is 3.21. The number of esters is 2. The first-order valence-electron chi connectivity index (χ1n) is 11.4. The summed E-state index contributed by atoms with van der Waals surface area (Å²) < 4.78 is 10.2. The summed E-state index contributed by atoms with van der Waals surface area (Å²) >= 11 is 5.81. The molecule has 0 heterocycles. The molecule has 0 aliphatic heterocycles. The number of nitrogens with one attached hydrogen (secondary N) is 1. The van der Waals surface area contributed by atoms with Gasteiger partial charge in [-0.15, -0.1) is 0 Å². The topological polar surface area (TPSA) is 116 Å². The minimum atomic E-state index is -1.01. The van der Waals surface area contributed by atoms with Crippen molar-refractivity contribution in [2.75, 3.05) is 11.9 Å². The van der Waals surface area contributed by atoms with E-state index in [2.05, 4.69) is 5.32 Å². The Kier molecular flexibility index (Phi) is 9.69. The zero-order valence-corrected chi connectivity index (χ0v) is 20.7. The highest BCUT2D eigenvalue weighted by molar-refractivity contribution is 6.30. The molecule has 0 aromatic heterocycles. The molecule has 9 heteroatoms. The molecule has 37 heavy (non-hydrogen) atoms. The number of benzene rings is 3. The third kappa shape index (κ3) is 8.40. The molecule has 0 bridgehead atoms. The number of ether oxygens (including phenoxy) is 2. The maximum Gasteiger partial charge on any atom is 0.338 e. The molecule has 1 atom stereocenters. The smallest absolute Gasteiger partial charge is 0.338 e. The molecule has 3 aromatic carbocycles. The lowest BCUT2D eigenvalue weighted by molar-refractivity contribution is -0.147. The molecular weight excluding hydrogens is 498 g/mol. The quantitative estimate of drug-likeness (QED) is 0.281. The zero-order valence-electron chi connectivity index (χ0n) is 19.9. The number of amides is 1. The van der Waals surface area contributed by atoms with Gasteiger partial charge in [0, 0.05) is 28.3 Å². The fraction of sp³-hybridized carbons (Fsp3) is 0.179. The molecule has 190 valence electrons. The Hall–Kier alpha value is -4.30. The van der Waals surface area contributed by atoms with Crippen molar-refractivity contribution in [2.24, 2.45) is 0 Å². The molecule has 8 nitrogen and oxygen atoms in total. The van der Waals surface area contributed by atoms with Crippen LogP contribution in [0, 0.1) is 0 Å². The summed E-state index contributed by atoms with van der Waals surface area (Å²) in [5, 5.41) is 3.09. The van der Waals surface area contributed by atoms with Crippen LogP contribution in [0.1, 0.15) is 50.8 Å². The van der Waals surface area contributed by atoms with E-state index < -0.39 is 23.9 Å². The van der Waals surface area contributed by atoms with Crippen molar-refractivity contribution in [2.45, 2.75) is 25.9 Å². The molecule has 1 unspecified atom stereocenters. The zero-order chi connectivity index (χ0) is 26.8. The van der Waals surface area contributed by atoms with E-state index in [1.807, 2.05) is 0 Å². The lowest BCUT2D eigenvalue weighted by atomic mass is 10.1. The summed E-state index contributed by atoms with van der Waals surface area (Å²) in [5.41, 5.74) is 1.42. The largest absolute Gasteiger partial charge is 0.454 e. The number of hydrogen-bond donors (Lipinski definition) is 1. The summed E-state index contributed by atoms with van der Waals surface area (Å²) in [7, 11) is 0. The minimum Gasteiger partial charge on any atom is -0.454 e. The van der Waals surface area contributed by atoms with Crippen molar-refractivity contribution < 1.29 is 33.4 Å². The van der Waals surface area contributed by atoms with Crippen LogP contribution in [-0.2, 0) is 19.1 Å². The first-order valence-corrected chi connectivity index (χ1v) is 11.8. The van der Waals surface area contributed by atoms with Crippen LogP contribution in [-0.4, -0.2) is 42.1 Å². The third-order valence-corrected chi connectivity index (χ3v) is 5.45. The summed E-state index contributed by atoms with van der Waals surface area (Å²) in [6.45, 7) is 1.07. The van der Waals surface area contributed by atoms with E-state index >= 15 is 0 Å². The maximum atomic E-state index is 12.3. The predicted octanol–water partition coefficient (Wildman–Crippen LogP) is 4.91. The molecule has 1 amide bonds. The SMILES string of the molecule is CC(OC(=O)CCC(=O)Nc1ccc(C(=O)OCC(=O)c2ccccc2)cc1)C(=O)c1ccc(Cl)cc1. The van der Waals surface area contributed by atoms with Gasteiger partial charge in [0.2, 0.25) is 11.7 Å². The second-order valence-corrected chi connectivity index (χ2v) is 8.43. The van der Waals surface area contributed by atoms with E-state index in [1.165, 1.54) is 43.3 Å². The highest BCUT2D eigenvalue weighted by Gasteiger charge is 2.20. The van der Waals surface area contributed by atoms with Gasteiger partial charge in [-0.05, 0) is 55.5 Å². The molecule has 0 saturated carbocycles. The van der Waals surface area contributed by atoms with Gasteiger partial charge < -0.3 is 14.8 Å². The van der Waals surface area contributed by atoms with Gasteiger partial charge in [0.25, 0.3) is 0 Å². The molecule has 0 fully saturated rings. The Labute approximate surface area is 218 Å². The average Bonchev–Trinajstić information content (AvgIpc) is 2.91. The van der Waals surface area contributed by atoms with Crippen LogP contribution in [0.4, 0.5) is 5.69 Å². The fourth-order valence-corrected chi connectivity index (χ4v) is 3.33. The number of carbonyl (C=O) groups excluding carboxylic acids is 5. The van der Waals surface area contributed by atoms with Crippen LogP contribution < -0.4 is 5.32 Å². The number of anilines is 1. The van der Waals surface area contributed by atoms with Crippen molar-refractivity contribution in [1.82, 2.24) is 0 Å². The van der Waals surface area contributed by atoms with Crippen molar-refractivity contribution in [3.8, 4) is 0 Å². The predicted molar refractivity (Wildman–Crippen MR) is 137 cm³/mol.